The third kappa shape index (κ3) is 6.06. The summed E-state index contributed by atoms with van der Waals surface area (Å²) >= 11 is 0. The van der Waals surface area contributed by atoms with Gasteiger partial charge in [-0.3, -0.25) is 4.79 Å². The van der Waals surface area contributed by atoms with Gasteiger partial charge in [-0.2, -0.15) is 0 Å². The first-order valence-corrected chi connectivity index (χ1v) is 11.5. The van der Waals surface area contributed by atoms with Crippen molar-refractivity contribution < 1.29 is 22.7 Å². The minimum absolute atomic E-state index is 0.0165. The topological polar surface area (TPSA) is 80.8 Å². The molecule has 1 saturated heterocycles. The molecule has 1 amide bonds. The van der Waals surface area contributed by atoms with Crippen LogP contribution in [0.2, 0.25) is 0 Å². The summed E-state index contributed by atoms with van der Waals surface area (Å²) in [5, 5.41) is 0. The minimum Gasteiger partial charge on any atom is -0.452 e. The summed E-state index contributed by atoms with van der Waals surface area (Å²) in [7, 11) is -3.10. The molecule has 1 aromatic carbocycles. The molecule has 156 valence electrons. The van der Waals surface area contributed by atoms with Crippen molar-refractivity contribution in [2.45, 2.75) is 52.5 Å². The second kappa shape index (κ2) is 8.64. The van der Waals surface area contributed by atoms with Crippen LogP contribution in [0.5, 0.6) is 0 Å². The first kappa shape index (κ1) is 22.4. The lowest BCUT2D eigenvalue weighted by atomic mass is 9.87. The Morgan fingerprint density at radius 1 is 1.18 bits per heavy atom. The SMILES string of the molecule is CC(C)CN(C(=O)COC(=O)c1ccc(C(C)(C)C)cc1)[C@@H]1CCS(=O)(=O)C1. The first-order chi connectivity index (χ1) is 12.9. The van der Waals surface area contributed by atoms with Gasteiger partial charge in [-0.15, -0.1) is 0 Å². The molecule has 0 N–H and O–H groups in total. The van der Waals surface area contributed by atoms with E-state index in [2.05, 4.69) is 20.8 Å². The highest BCUT2D eigenvalue weighted by molar-refractivity contribution is 7.91. The van der Waals surface area contributed by atoms with Gasteiger partial charge in [-0.25, -0.2) is 13.2 Å². The van der Waals surface area contributed by atoms with Crippen LogP contribution >= 0.6 is 0 Å². The Morgan fingerprint density at radius 3 is 2.25 bits per heavy atom. The number of esters is 1. The Hall–Kier alpha value is -1.89. The number of hydrogen-bond donors (Lipinski definition) is 0. The van der Waals surface area contributed by atoms with Crippen LogP contribution in [-0.4, -0.2) is 55.9 Å². The average molecular weight is 410 g/mol. The van der Waals surface area contributed by atoms with Gasteiger partial charge >= 0.3 is 5.97 Å². The van der Waals surface area contributed by atoms with Crippen LogP contribution in [0, 0.1) is 5.92 Å². The Balaban J connectivity index is 2.00. The molecule has 0 saturated carbocycles. The number of benzene rings is 1. The number of carbonyl (C=O) groups is 2. The molecule has 2 rings (SSSR count). The monoisotopic (exact) mass is 409 g/mol. The molecule has 1 aliphatic heterocycles. The van der Waals surface area contributed by atoms with Crippen LogP contribution in [0.15, 0.2) is 24.3 Å². The first-order valence-electron chi connectivity index (χ1n) is 9.66. The van der Waals surface area contributed by atoms with Crippen LogP contribution in [0.25, 0.3) is 0 Å². The Morgan fingerprint density at radius 2 is 1.79 bits per heavy atom. The van der Waals surface area contributed by atoms with E-state index in [9.17, 15) is 18.0 Å². The molecule has 0 aromatic heterocycles. The van der Waals surface area contributed by atoms with Crippen LogP contribution < -0.4 is 0 Å². The van der Waals surface area contributed by atoms with Crippen molar-refractivity contribution in [2.75, 3.05) is 24.7 Å². The van der Waals surface area contributed by atoms with Crippen molar-refractivity contribution in [3.8, 4) is 0 Å². The molecule has 0 radical (unpaired) electrons. The molecule has 1 aromatic rings. The van der Waals surface area contributed by atoms with Gasteiger partial charge in [-0.1, -0.05) is 46.8 Å². The zero-order chi connectivity index (χ0) is 21.1. The van der Waals surface area contributed by atoms with Crippen molar-refractivity contribution in [1.29, 1.82) is 0 Å². The Bertz CT molecular complexity index is 806. The predicted octanol–water partition coefficient (Wildman–Crippen LogP) is 2.81. The molecule has 1 aliphatic rings. The molecule has 1 heterocycles. The molecule has 0 bridgehead atoms. The quantitative estimate of drug-likeness (QED) is 0.675. The fourth-order valence-corrected chi connectivity index (χ4v) is 5.00. The van der Waals surface area contributed by atoms with Gasteiger partial charge < -0.3 is 9.64 Å². The average Bonchev–Trinajstić information content (AvgIpc) is 2.96. The highest BCUT2D eigenvalue weighted by atomic mass is 32.2. The number of carbonyl (C=O) groups excluding carboxylic acids is 2. The summed E-state index contributed by atoms with van der Waals surface area (Å²) in [4.78, 5) is 26.5. The van der Waals surface area contributed by atoms with E-state index in [1.54, 1.807) is 17.0 Å². The van der Waals surface area contributed by atoms with E-state index in [0.717, 1.165) is 5.56 Å². The number of amides is 1. The summed E-state index contributed by atoms with van der Waals surface area (Å²) in [6.07, 6.45) is 0.434. The lowest BCUT2D eigenvalue weighted by Crippen LogP contribution is -2.45. The second-order valence-corrected chi connectivity index (χ2v) is 11.1. The summed E-state index contributed by atoms with van der Waals surface area (Å²) in [6.45, 7) is 10.3. The van der Waals surface area contributed by atoms with Crippen molar-refractivity contribution in [3.05, 3.63) is 35.4 Å². The molecule has 1 fully saturated rings. The Labute approximate surface area is 168 Å². The molecule has 1 atom stereocenters. The molecule has 0 spiro atoms. The lowest BCUT2D eigenvalue weighted by molar-refractivity contribution is -0.137. The fraction of sp³-hybridized carbons (Fsp3) is 0.619. The van der Waals surface area contributed by atoms with Gasteiger partial charge in [0.15, 0.2) is 16.4 Å². The second-order valence-electron chi connectivity index (χ2n) is 8.90. The van der Waals surface area contributed by atoms with Gasteiger partial charge in [0.1, 0.15) is 0 Å². The molecule has 0 unspecified atom stereocenters. The number of nitrogens with zero attached hydrogens (tertiary/aromatic N) is 1. The van der Waals surface area contributed by atoms with Gasteiger partial charge in [0.2, 0.25) is 0 Å². The van der Waals surface area contributed by atoms with Crippen molar-refractivity contribution in [1.82, 2.24) is 4.90 Å². The van der Waals surface area contributed by atoms with Crippen LogP contribution in [0.3, 0.4) is 0 Å². The third-order valence-electron chi connectivity index (χ3n) is 4.84. The molecule has 6 nitrogen and oxygen atoms in total. The summed E-state index contributed by atoms with van der Waals surface area (Å²) in [5.74, 6) is -0.645. The normalized spacial score (nSPS) is 18.9. The largest absolute Gasteiger partial charge is 0.452 e. The molecule has 28 heavy (non-hydrogen) atoms. The van der Waals surface area contributed by atoms with Crippen molar-refractivity contribution in [2.24, 2.45) is 5.92 Å². The van der Waals surface area contributed by atoms with E-state index in [1.165, 1.54) is 0 Å². The van der Waals surface area contributed by atoms with E-state index < -0.39 is 15.8 Å². The highest BCUT2D eigenvalue weighted by Gasteiger charge is 2.35. The smallest absolute Gasteiger partial charge is 0.338 e. The fourth-order valence-electron chi connectivity index (χ4n) is 3.27. The molecule has 0 aliphatic carbocycles. The van der Waals surface area contributed by atoms with E-state index in [4.69, 9.17) is 4.74 Å². The maximum absolute atomic E-state index is 12.7. The zero-order valence-electron chi connectivity index (χ0n) is 17.4. The standard InChI is InChI=1S/C21H31NO5S/c1-15(2)12-22(18-10-11-28(25,26)14-18)19(23)13-27-20(24)16-6-8-17(9-7-16)21(3,4)5/h6-9,15,18H,10-14H2,1-5H3/t18-/m1/s1. The maximum Gasteiger partial charge on any atom is 0.338 e. The van der Waals surface area contributed by atoms with Crippen molar-refractivity contribution >= 4 is 21.7 Å². The number of rotatable bonds is 6. The number of hydrogen-bond acceptors (Lipinski definition) is 5. The molecular formula is C21H31NO5S. The lowest BCUT2D eigenvalue weighted by Gasteiger charge is -2.29. The van der Waals surface area contributed by atoms with Crippen LogP contribution in [0.1, 0.15) is 57.0 Å². The minimum atomic E-state index is -3.10. The third-order valence-corrected chi connectivity index (χ3v) is 6.60. The van der Waals surface area contributed by atoms with Crippen molar-refractivity contribution in [3.63, 3.8) is 0 Å². The summed E-state index contributed by atoms with van der Waals surface area (Å²) < 4.78 is 28.8. The van der Waals surface area contributed by atoms with E-state index in [1.807, 2.05) is 26.0 Å². The van der Waals surface area contributed by atoms with E-state index >= 15 is 0 Å². The van der Waals surface area contributed by atoms with Crippen LogP contribution in [0.4, 0.5) is 0 Å². The predicted molar refractivity (Wildman–Crippen MR) is 109 cm³/mol. The van der Waals surface area contributed by atoms with E-state index in [-0.39, 0.29) is 41.4 Å². The number of ether oxygens (including phenoxy) is 1. The summed E-state index contributed by atoms with van der Waals surface area (Å²) in [6, 6.07) is 6.82. The molecular weight excluding hydrogens is 378 g/mol. The van der Waals surface area contributed by atoms with Gasteiger partial charge in [0.05, 0.1) is 17.1 Å². The molecule has 7 heteroatoms. The summed E-state index contributed by atoms with van der Waals surface area (Å²) in [5.41, 5.74) is 1.47. The zero-order valence-corrected chi connectivity index (χ0v) is 18.2. The van der Waals surface area contributed by atoms with Gasteiger partial charge in [0.25, 0.3) is 5.91 Å². The van der Waals surface area contributed by atoms with Crippen LogP contribution in [-0.2, 0) is 24.8 Å². The van der Waals surface area contributed by atoms with E-state index in [0.29, 0.717) is 18.5 Å². The van der Waals surface area contributed by atoms with Gasteiger partial charge in [-0.05, 0) is 35.4 Å². The maximum atomic E-state index is 12.7. The Kier molecular flexibility index (Phi) is 6.91. The number of sulfone groups is 1. The highest BCUT2D eigenvalue weighted by Crippen LogP contribution is 2.23. The van der Waals surface area contributed by atoms with Gasteiger partial charge in [0, 0.05) is 12.6 Å².